The minimum Gasteiger partial charge on any atom is -0.406 e. The Bertz CT molecular complexity index is 614. The molecule has 0 amide bonds. The number of aromatic nitrogens is 1. The molecule has 7 heteroatoms. The Labute approximate surface area is 113 Å². The van der Waals surface area contributed by atoms with E-state index in [1.54, 1.807) is 12.1 Å². The summed E-state index contributed by atoms with van der Waals surface area (Å²) in [6.07, 6.45) is -3.23. The Kier molecular flexibility index (Phi) is 3.69. The van der Waals surface area contributed by atoms with Gasteiger partial charge in [0.1, 0.15) is 11.6 Å². The summed E-state index contributed by atoms with van der Waals surface area (Å²) in [5, 5.41) is 2.88. The van der Waals surface area contributed by atoms with E-state index in [2.05, 4.69) is 15.0 Å². The molecule has 1 aromatic heterocycles. The van der Waals surface area contributed by atoms with E-state index in [1.807, 2.05) is 6.92 Å². The SMILES string of the molecule is Cc1cc(Nc2cccc(OC(F)(F)F)c2)ncc1N. The lowest BCUT2D eigenvalue weighted by molar-refractivity contribution is -0.274. The summed E-state index contributed by atoms with van der Waals surface area (Å²) in [6.45, 7) is 1.81. The van der Waals surface area contributed by atoms with Gasteiger partial charge in [-0.05, 0) is 30.7 Å². The number of hydrogen-bond acceptors (Lipinski definition) is 4. The van der Waals surface area contributed by atoms with Crippen molar-refractivity contribution in [2.75, 3.05) is 11.1 Å². The number of rotatable bonds is 3. The minimum absolute atomic E-state index is 0.297. The molecule has 2 aromatic rings. The van der Waals surface area contributed by atoms with Crippen molar-refractivity contribution in [3.63, 3.8) is 0 Å². The van der Waals surface area contributed by atoms with Gasteiger partial charge in [0.25, 0.3) is 0 Å². The summed E-state index contributed by atoms with van der Waals surface area (Å²) in [5.74, 6) is 0.190. The molecule has 0 bridgehead atoms. The number of nitrogen functional groups attached to an aromatic ring is 1. The quantitative estimate of drug-likeness (QED) is 0.903. The smallest absolute Gasteiger partial charge is 0.406 e. The molecule has 4 nitrogen and oxygen atoms in total. The van der Waals surface area contributed by atoms with E-state index in [9.17, 15) is 13.2 Å². The molecule has 0 saturated heterocycles. The predicted octanol–water partition coefficient (Wildman–Crippen LogP) is 3.61. The van der Waals surface area contributed by atoms with Gasteiger partial charge in [0.2, 0.25) is 0 Å². The van der Waals surface area contributed by atoms with E-state index in [-0.39, 0.29) is 5.75 Å². The summed E-state index contributed by atoms with van der Waals surface area (Å²) in [4.78, 5) is 4.04. The zero-order chi connectivity index (χ0) is 14.8. The van der Waals surface area contributed by atoms with Crippen LogP contribution in [0.3, 0.4) is 0 Å². The number of aryl methyl sites for hydroxylation is 1. The van der Waals surface area contributed by atoms with Crippen molar-refractivity contribution < 1.29 is 17.9 Å². The van der Waals surface area contributed by atoms with Crippen LogP contribution in [0.25, 0.3) is 0 Å². The van der Waals surface area contributed by atoms with E-state index in [4.69, 9.17) is 5.73 Å². The fourth-order valence-electron chi connectivity index (χ4n) is 1.55. The summed E-state index contributed by atoms with van der Waals surface area (Å²) in [5.41, 5.74) is 7.44. The van der Waals surface area contributed by atoms with Crippen molar-refractivity contribution in [2.45, 2.75) is 13.3 Å². The third-order valence-corrected chi connectivity index (χ3v) is 2.49. The number of nitrogens with zero attached hydrogens (tertiary/aromatic N) is 1. The van der Waals surface area contributed by atoms with Gasteiger partial charge in [-0.2, -0.15) is 0 Å². The minimum atomic E-state index is -4.71. The second-order valence-corrected chi connectivity index (χ2v) is 4.13. The van der Waals surface area contributed by atoms with Gasteiger partial charge < -0.3 is 15.8 Å². The average molecular weight is 283 g/mol. The van der Waals surface area contributed by atoms with E-state index in [1.165, 1.54) is 24.4 Å². The first-order valence-corrected chi connectivity index (χ1v) is 5.68. The van der Waals surface area contributed by atoms with Crippen LogP contribution >= 0.6 is 0 Å². The number of hydrogen-bond donors (Lipinski definition) is 2. The first-order valence-electron chi connectivity index (χ1n) is 5.68. The molecule has 0 aliphatic carbocycles. The Morgan fingerprint density at radius 1 is 1.25 bits per heavy atom. The molecule has 0 atom stereocenters. The van der Waals surface area contributed by atoms with Crippen molar-refractivity contribution in [2.24, 2.45) is 0 Å². The maximum Gasteiger partial charge on any atom is 0.573 e. The van der Waals surface area contributed by atoms with Crippen molar-refractivity contribution in [1.82, 2.24) is 4.98 Å². The molecule has 0 unspecified atom stereocenters. The van der Waals surface area contributed by atoms with Crippen molar-refractivity contribution in [1.29, 1.82) is 0 Å². The monoisotopic (exact) mass is 283 g/mol. The highest BCUT2D eigenvalue weighted by Gasteiger charge is 2.31. The second-order valence-electron chi connectivity index (χ2n) is 4.13. The number of benzene rings is 1. The Hall–Kier alpha value is -2.44. The number of alkyl halides is 3. The van der Waals surface area contributed by atoms with Gasteiger partial charge in [0.15, 0.2) is 0 Å². The fraction of sp³-hybridized carbons (Fsp3) is 0.154. The van der Waals surface area contributed by atoms with E-state index in [0.29, 0.717) is 17.2 Å². The average Bonchev–Trinajstić information content (AvgIpc) is 2.32. The Balaban J connectivity index is 2.17. The van der Waals surface area contributed by atoms with Crippen LogP contribution in [0, 0.1) is 6.92 Å². The lowest BCUT2D eigenvalue weighted by Gasteiger charge is -2.11. The van der Waals surface area contributed by atoms with Crippen LogP contribution in [0.15, 0.2) is 36.5 Å². The van der Waals surface area contributed by atoms with Crippen LogP contribution in [0.4, 0.5) is 30.4 Å². The zero-order valence-electron chi connectivity index (χ0n) is 10.5. The molecule has 0 radical (unpaired) electrons. The first kappa shape index (κ1) is 14.0. The maximum atomic E-state index is 12.1. The normalized spacial score (nSPS) is 11.2. The molecular formula is C13H12F3N3O. The molecule has 0 saturated carbocycles. The standard InChI is InChI=1S/C13H12F3N3O/c1-8-5-12(18-7-11(8)17)19-9-3-2-4-10(6-9)20-13(14,15)16/h2-7H,17H2,1H3,(H,18,19). The molecule has 106 valence electrons. The number of ether oxygens (including phenoxy) is 1. The number of anilines is 3. The number of pyridine rings is 1. The van der Waals surface area contributed by atoms with Gasteiger partial charge in [0.05, 0.1) is 11.9 Å². The van der Waals surface area contributed by atoms with Crippen LogP contribution in [-0.2, 0) is 0 Å². The van der Waals surface area contributed by atoms with Crippen LogP contribution in [0.2, 0.25) is 0 Å². The molecule has 0 aliphatic heterocycles. The summed E-state index contributed by atoms with van der Waals surface area (Å²) in [7, 11) is 0. The van der Waals surface area contributed by atoms with E-state index >= 15 is 0 Å². The molecule has 1 aromatic carbocycles. The van der Waals surface area contributed by atoms with E-state index < -0.39 is 6.36 Å². The molecule has 20 heavy (non-hydrogen) atoms. The van der Waals surface area contributed by atoms with Crippen molar-refractivity contribution in [3.05, 3.63) is 42.1 Å². The van der Waals surface area contributed by atoms with Gasteiger partial charge in [-0.1, -0.05) is 6.07 Å². The third-order valence-electron chi connectivity index (χ3n) is 2.49. The highest BCUT2D eigenvalue weighted by atomic mass is 19.4. The molecule has 2 rings (SSSR count). The molecule has 3 N–H and O–H groups in total. The fourth-order valence-corrected chi connectivity index (χ4v) is 1.55. The summed E-state index contributed by atoms with van der Waals surface area (Å²) in [6, 6.07) is 7.22. The second kappa shape index (κ2) is 5.28. The lowest BCUT2D eigenvalue weighted by atomic mass is 10.2. The predicted molar refractivity (Wildman–Crippen MR) is 69.8 cm³/mol. The van der Waals surface area contributed by atoms with Crippen LogP contribution in [0.1, 0.15) is 5.56 Å². The van der Waals surface area contributed by atoms with Crippen LogP contribution in [0.5, 0.6) is 5.75 Å². The highest BCUT2D eigenvalue weighted by Crippen LogP contribution is 2.26. The number of halogens is 3. The topological polar surface area (TPSA) is 60.2 Å². The van der Waals surface area contributed by atoms with Gasteiger partial charge in [0, 0.05) is 11.8 Å². The summed E-state index contributed by atoms with van der Waals surface area (Å²) < 4.78 is 40.2. The third kappa shape index (κ3) is 3.78. The highest BCUT2D eigenvalue weighted by molar-refractivity contribution is 5.61. The molecule has 1 heterocycles. The molecule has 0 aliphatic rings. The number of nitrogens with two attached hydrogens (primary N) is 1. The maximum absolute atomic E-state index is 12.1. The van der Waals surface area contributed by atoms with Crippen molar-refractivity contribution in [3.8, 4) is 5.75 Å². The van der Waals surface area contributed by atoms with Gasteiger partial charge in [-0.15, -0.1) is 13.2 Å². The number of nitrogens with one attached hydrogen (secondary N) is 1. The Morgan fingerprint density at radius 3 is 2.65 bits per heavy atom. The van der Waals surface area contributed by atoms with E-state index in [0.717, 1.165) is 5.56 Å². The van der Waals surface area contributed by atoms with Gasteiger partial charge in [-0.3, -0.25) is 0 Å². The molecule has 0 fully saturated rings. The van der Waals surface area contributed by atoms with Crippen LogP contribution in [-0.4, -0.2) is 11.3 Å². The first-order chi connectivity index (χ1) is 9.33. The zero-order valence-corrected chi connectivity index (χ0v) is 10.5. The Morgan fingerprint density at radius 2 is 2.00 bits per heavy atom. The lowest BCUT2D eigenvalue weighted by Crippen LogP contribution is -2.17. The van der Waals surface area contributed by atoms with Gasteiger partial charge in [-0.25, -0.2) is 4.98 Å². The molecular weight excluding hydrogens is 271 g/mol. The molecule has 0 spiro atoms. The largest absolute Gasteiger partial charge is 0.573 e. The van der Waals surface area contributed by atoms with Gasteiger partial charge >= 0.3 is 6.36 Å². The van der Waals surface area contributed by atoms with Crippen LogP contribution < -0.4 is 15.8 Å². The van der Waals surface area contributed by atoms with Crippen molar-refractivity contribution >= 4 is 17.2 Å². The summed E-state index contributed by atoms with van der Waals surface area (Å²) >= 11 is 0.